The summed E-state index contributed by atoms with van der Waals surface area (Å²) in [5.41, 5.74) is 0.818. The second kappa shape index (κ2) is 8.55. The smallest absolute Gasteiger partial charge is 0.216 e. The fourth-order valence-corrected chi connectivity index (χ4v) is 2.53. The van der Waals surface area contributed by atoms with Crippen LogP contribution in [0.5, 0.6) is 0 Å². The summed E-state index contributed by atoms with van der Waals surface area (Å²) in [6.45, 7) is 14.3. The fraction of sp³-hybridized carbons (Fsp3) is 0.524. The first-order valence-corrected chi connectivity index (χ1v) is 9.35. The van der Waals surface area contributed by atoms with Crippen LogP contribution in [-0.4, -0.2) is 24.0 Å². The molecule has 1 heterocycles. The van der Waals surface area contributed by atoms with Crippen molar-refractivity contribution in [1.29, 1.82) is 0 Å². The van der Waals surface area contributed by atoms with Crippen LogP contribution in [0, 0.1) is 5.82 Å². The number of nitrogens with zero attached hydrogens (tertiary/aromatic N) is 2. The van der Waals surface area contributed by atoms with Gasteiger partial charge in [0.05, 0.1) is 6.20 Å². The Bertz CT molecular complexity index is 757. The zero-order chi connectivity index (χ0) is 20.1. The number of oxazole rings is 1. The zero-order valence-electron chi connectivity index (χ0n) is 17.2. The minimum Gasteiger partial charge on any atom is -0.443 e. The Labute approximate surface area is 161 Å². The van der Waals surface area contributed by atoms with Crippen LogP contribution in [0.4, 0.5) is 4.39 Å². The molecule has 0 amide bonds. The second-order valence-electron chi connectivity index (χ2n) is 8.31. The van der Waals surface area contributed by atoms with E-state index in [1.54, 1.807) is 6.20 Å². The summed E-state index contributed by atoms with van der Waals surface area (Å²) in [5.74, 6) is 1.92. The third-order valence-electron chi connectivity index (χ3n) is 4.33. The van der Waals surface area contributed by atoms with Gasteiger partial charge in [-0.1, -0.05) is 46.8 Å². The van der Waals surface area contributed by atoms with Gasteiger partial charge in [-0.3, -0.25) is 0 Å². The third kappa shape index (κ3) is 6.08. The molecule has 0 radical (unpaired) electrons. The number of benzene rings is 1. The van der Waals surface area contributed by atoms with Crippen LogP contribution in [0.2, 0.25) is 0 Å². The van der Waals surface area contributed by atoms with Gasteiger partial charge >= 0.3 is 0 Å². The van der Waals surface area contributed by atoms with E-state index in [9.17, 15) is 4.39 Å². The maximum atomic E-state index is 13.2. The zero-order valence-corrected chi connectivity index (χ0v) is 17.2. The van der Waals surface area contributed by atoms with Crippen LogP contribution in [-0.2, 0) is 17.4 Å². The van der Waals surface area contributed by atoms with Crippen LogP contribution in [0.25, 0.3) is 0 Å². The molecule has 5 nitrogen and oxygen atoms in total. The second-order valence-corrected chi connectivity index (χ2v) is 8.31. The number of hydrogen-bond donors (Lipinski definition) is 2. The highest BCUT2D eigenvalue weighted by molar-refractivity contribution is 5.79. The van der Waals surface area contributed by atoms with Crippen LogP contribution >= 0.6 is 0 Å². The normalized spacial score (nSPS) is 12.9. The summed E-state index contributed by atoms with van der Waals surface area (Å²) in [4.78, 5) is 8.88. The van der Waals surface area contributed by atoms with Crippen molar-refractivity contribution in [2.75, 3.05) is 13.1 Å². The quantitative estimate of drug-likeness (QED) is 0.589. The van der Waals surface area contributed by atoms with Crippen molar-refractivity contribution in [2.24, 2.45) is 4.99 Å². The first-order valence-electron chi connectivity index (χ1n) is 9.35. The van der Waals surface area contributed by atoms with Crippen molar-refractivity contribution in [3.63, 3.8) is 0 Å². The van der Waals surface area contributed by atoms with Gasteiger partial charge in [0.2, 0.25) is 5.89 Å². The average Bonchev–Trinajstić information content (AvgIpc) is 3.07. The van der Waals surface area contributed by atoms with Gasteiger partial charge in [-0.25, -0.2) is 14.4 Å². The summed E-state index contributed by atoms with van der Waals surface area (Å²) in [6, 6.07) is 6.63. The Hall–Kier alpha value is -2.37. The minimum atomic E-state index is -0.224. The number of nitrogens with one attached hydrogen (secondary N) is 2. The predicted octanol–water partition coefficient (Wildman–Crippen LogP) is 4.14. The Morgan fingerprint density at radius 3 is 2.33 bits per heavy atom. The molecule has 6 heteroatoms. The monoisotopic (exact) mass is 374 g/mol. The van der Waals surface area contributed by atoms with E-state index in [-0.39, 0.29) is 16.6 Å². The number of hydrogen-bond acceptors (Lipinski definition) is 3. The van der Waals surface area contributed by atoms with E-state index >= 15 is 0 Å². The molecule has 1 aromatic carbocycles. The van der Waals surface area contributed by atoms with Gasteiger partial charge in [-0.05, 0) is 24.6 Å². The van der Waals surface area contributed by atoms with Crippen molar-refractivity contribution >= 4 is 5.96 Å². The highest BCUT2D eigenvalue weighted by Gasteiger charge is 2.21. The van der Waals surface area contributed by atoms with Gasteiger partial charge in [-0.2, -0.15) is 0 Å². The number of aromatic nitrogens is 1. The van der Waals surface area contributed by atoms with Gasteiger partial charge in [0, 0.05) is 23.9 Å². The Morgan fingerprint density at radius 2 is 1.78 bits per heavy atom. The van der Waals surface area contributed by atoms with E-state index in [4.69, 9.17) is 4.42 Å². The molecular weight excluding hydrogens is 343 g/mol. The number of guanidine groups is 1. The average molecular weight is 375 g/mol. The molecule has 1 aromatic heterocycles. The van der Waals surface area contributed by atoms with Gasteiger partial charge in [-0.15, -0.1) is 0 Å². The third-order valence-corrected chi connectivity index (χ3v) is 4.33. The SMILES string of the molecule is CCNC(=NCc1ncc(C(C)(C)C)o1)NCC(C)(C)c1ccc(F)cc1. The molecule has 0 aliphatic carbocycles. The lowest BCUT2D eigenvalue weighted by Crippen LogP contribution is -2.43. The first-order chi connectivity index (χ1) is 12.6. The Balaban J connectivity index is 2.02. The molecular formula is C21H31FN4O. The molecule has 0 bridgehead atoms. The van der Waals surface area contributed by atoms with Crippen molar-refractivity contribution < 1.29 is 8.81 Å². The summed E-state index contributed by atoms with van der Waals surface area (Å²) in [5, 5.41) is 6.59. The maximum Gasteiger partial charge on any atom is 0.216 e. The van der Waals surface area contributed by atoms with Gasteiger partial charge in [0.15, 0.2) is 5.96 Å². The maximum absolute atomic E-state index is 13.2. The molecule has 2 aromatic rings. The van der Waals surface area contributed by atoms with Crippen LogP contribution in [0.15, 0.2) is 39.9 Å². The van der Waals surface area contributed by atoms with Crippen molar-refractivity contribution in [1.82, 2.24) is 15.6 Å². The molecule has 0 saturated heterocycles. The standard InChI is InChI=1S/C21H31FN4O/c1-7-23-19(25-13-18-24-12-17(27-18)20(2,3)4)26-14-21(5,6)15-8-10-16(22)11-9-15/h8-12H,7,13-14H2,1-6H3,(H2,23,25,26). The molecule has 0 aliphatic heterocycles. The Morgan fingerprint density at radius 1 is 1.11 bits per heavy atom. The molecule has 0 fully saturated rings. The summed E-state index contributed by atoms with van der Waals surface area (Å²) in [7, 11) is 0. The molecule has 148 valence electrons. The lowest BCUT2D eigenvalue weighted by molar-refractivity contribution is 0.383. The molecule has 2 N–H and O–H groups in total. The van der Waals surface area contributed by atoms with Gasteiger partial charge in [0.1, 0.15) is 18.1 Å². The largest absolute Gasteiger partial charge is 0.443 e. The molecule has 2 rings (SSSR count). The van der Waals surface area contributed by atoms with E-state index in [2.05, 4.69) is 55.2 Å². The van der Waals surface area contributed by atoms with Crippen molar-refractivity contribution in [2.45, 2.75) is 58.9 Å². The number of rotatable bonds is 6. The molecule has 0 aliphatic rings. The van der Waals surface area contributed by atoms with Crippen LogP contribution in [0.1, 0.15) is 58.8 Å². The highest BCUT2D eigenvalue weighted by Crippen LogP contribution is 2.23. The first kappa shape index (κ1) is 20.9. The lowest BCUT2D eigenvalue weighted by atomic mass is 9.84. The van der Waals surface area contributed by atoms with Crippen molar-refractivity contribution in [3.05, 3.63) is 53.5 Å². The predicted molar refractivity (Wildman–Crippen MR) is 107 cm³/mol. The summed E-state index contributed by atoms with van der Waals surface area (Å²) in [6.07, 6.45) is 1.77. The van der Waals surface area contributed by atoms with Gasteiger partial charge < -0.3 is 15.1 Å². The lowest BCUT2D eigenvalue weighted by Gasteiger charge is -2.26. The van der Waals surface area contributed by atoms with Crippen molar-refractivity contribution in [3.8, 4) is 0 Å². The summed E-state index contributed by atoms with van der Waals surface area (Å²) >= 11 is 0. The van der Waals surface area contributed by atoms with E-state index in [1.165, 1.54) is 12.1 Å². The fourth-order valence-electron chi connectivity index (χ4n) is 2.53. The number of halogens is 1. The van der Waals surface area contributed by atoms with E-state index in [0.29, 0.717) is 24.9 Å². The van der Waals surface area contributed by atoms with E-state index in [0.717, 1.165) is 17.9 Å². The summed E-state index contributed by atoms with van der Waals surface area (Å²) < 4.78 is 19.0. The molecule has 0 saturated carbocycles. The molecule has 27 heavy (non-hydrogen) atoms. The van der Waals surface area contributed by atoms with Gasteiger partial charge in [0.25, 0.3) is 0 Å². The van der Waals surface area contributed by atoms with Crippen LogP contribution in [0.3, 0.4) is 0 Å². The minimum absolute atomic E-state index is 0.0725. The number of aliphatic imine (C=N–C) groups is 1. The molecule has 0 atom stereocenters. The van der Waals surface area contributed by atoms with E-state index < -0.39 is 0 Å². The topological polar surface area (TPSA) is 62.5 Å². The van der Waals surface area contributed by atoms with E-state index in [1.807, 2.05) is 19.1 Å². The highest BCUT2D eigenvalue weighted by atomic mass is 19.1. The molecule has 0 unspecified atom stereocenters. The Kier molecular flexibility index (Phi) is 6.63. The van der Waals surface area contributed by atoms with Crippen LogP contribution < -0.4 is 10.6 Å². The molecule has 0 spiro atoms.